The molecule has 9 nitrogen and oxygen atoms in total. The topological polar surface area (TPSA) is 98.6 Å². The highest BCUT2D eigenvalue weighted by Gasteiger charge is 2.62. The number of aromatic nitrogens is 2. The number of nitrogens with one attached hydrogen (secondary N) is 4. The van der Waals surface area contributed by atoms with E-state index in [0.717, 1.165) is 51.7 Å². The molecule has 7 unspecified atom stereocenters. The standard InChI is InChI=1S/C30H50F3N7O2S/c1-28(2)17-20-5-3-12-34-23-15-22(41)16-26(36-23)43-35-18-21-6-7-24(37-27(21)39(28)19-20)40-13-8-25(38-40)42-14-4-9-29(10-11-29)30(31,32)33/h8,13,20-24,26-27,34-37,41H,3-7,9-12,14-19H2,1-2H3/t20-,21?,22?,23?,24?,26?,27?/m0/s1. The van der Waals surface area contributed by atoms with Gasteiger partial charge in [0.25, 0.3) is 0 Å². The minimum Gasteiger partial charge on any atom is -0.477 e. The molecule has 6 rings (SSSR count). The van der Waals surface area contributed by atoms with Gasteiger partial charge in [0.1, 0.15) is 6.17 Å². The molecule has 0 amide bonds. The normalized spacial score (nSPS) is 38.0. The summed E-state index contributed by atoms with van der Waals surface area (Å²) in [6.07, 6.45) is 5.75. The summed E-state index contributed by atoms with van der Waals surface area (Å²) >= 11 is 1.70. The number of fused-ring (bicyclic) bond motifs is 6. The first-order valence-electron chi connectivity index (χ1n) is 16.3. The van der Waals surface area contributed by atoms with Crippen LogP contribution in [0.25, 0.3) is 0 Å². The number of aliphatic hydroxyl groups excluding tert-OH is 1. The third-order valence-electron chi connectivity index (χ3n) is 10.5. The van der Waals surface area contributed by atoms with Crippen LogP contribution in [0, 0.1) is 17.3 Å². The molecule has 0 aromatic carbocycles. The van der Waals surface area contributed by atoms with Crippen molar-refractivity contribution in [3.05, 3.63) is 12.3 Å². The Balaban J connectivity index is 1.09. The van der Waals surface area contributed by atoms with Gasteiger partial charge >= 0.3 is 6.18 Å². The number of rotatable bonds is 6. The van der Waals surface area contributed by atoms with Gasteiger partial charge in [0.05, 0.1) is 35.8 Å². The fourth-order valence-corrected chi connectivity index (χ4v) is 8.98. The van der Waals surface area contributed by atoms with Crippen LogP contribution in [0.5, 0.6) is 5.88 Å². The lowest BCUT2D eigenvalue weighted by molar-refractivity contribution is -0.189. The second-order valence-electron chi connectivity index (χ2n) is 14.3. The van der Waals surface area contributed by atoms with E-state index in [4.69, 9.17) is 4.74 Å². The molecular weight excluding hydrogens is 579 g/mol. The van der Waals surface area contributed by atoms with Crippen molar-refractivity contribution >= 4 is 11.9 Å². The van der Waals surface area contributed by atoms with Crippen molar-refractivity contribution in [1.29, 1.82) is 0 Å². The third kappa shape index (κ3) is 7.49. The van der Waals surface area contributed by atoms with Gasteiger partial charge in [-0.25, -0.2) is 0 Å². The molecule has 4 saturated heterocycles. The maximum absolute atomic E-state index is 13.2. The van der Waals surface area contributed by atoms with E-state index in [0.29, 0.717) is 24.1 Å². The molecule has 5 heterocycles. The predicted octanol–water partition coefficient (Wildman–Crippen LogP) is 4.33. The van der Waals surface area contributed by atoms with Crippen LogP contribution in [0.2, 0.25) is 0 Å². The molecule has 1 aromatic heterocycles. The van der Waals surface area contributed by atoms with Crippen LogP contribution < -0.4 is 25.4 Å². The van der Waals surface area contributed by atoms with E-state index >= 15 is 0 Å². The van der Waals surface area contributed by atoms with Crippen LogP contribution >= 0.6 is 11.9 Å². The van der Waals surface area contributed by atoms with Gasteiger partial charge < -0.3 is 15.2 Å². The summed E-state index contributed by atoms with van der Waals surface area (Å²) < 4.78 is 51.1. The van der Waals surface area contributed by atoms with Crippen molar-refractivity contribution in [2.75, 3.05) is 26.2 Å². The molecule has 13 heteroatoms. The van der Waals surface area contributed by atoms with Crippen molar-refractivity contribution in [1.82, 2.24) is 35.4 Å². The van der Waals surface area contributed by atoms with Crippen LogP contribution in [-0.4, -0.2) is 81.6 Å². The third-order valence-corrected chi connectivity index (χ3v) is 11.5. The number of piperidine rings is 2. The highest BCUT2D eigenvalue weighted by molar-refractivity contribution is 7.98. The smallest absolute Gasteiger partial charge is 0.394 e. The van der Waals surface area contributed by atoms with Gasteiger partial charge in [0, 0.05) is 43.2 Å². The summed E-state index contributed by atoms with van der Waals surface area (Å²) in [5.74, 6) is 1.52. The maximum Gasteiger partial charge on any atom is 0.394 e. The number of halogens is 3. The number of aliphatic hydroxyl groups is 1. The molecule has 4 aliphatic heterocycles. The first-order chi connectivity index (χ1) is 20.5. The number of hydrogen-bond acceptors (Lipinski definition) is 9. The largest absolute Gasteiger partial charge is 0.477 e. The van der Waals surface area contributed by atoms with Gasteiger partial charge in [-0.3, -0.25) is 24.9 Å². The lowest BCUT2D eigenvalue weighted by atomic mass is 9.90. The van der Waals surface area contributed by atoms with E-state index in [1.165, 1.54) is 12.8 Å². The van der Waals surface area contributed by atoms with E-state index in [9.17, 15) is 18.3 Å². The SMILES string of the molecule is CC1(C)C[C@@H]2CCCNC3CC(O)CC(N3)SNCC3CCC(n4ccc(OCCCC5(C(F)(F)F)CC5)n4)NC3N1C2. The van der Waals surface area contributed by atoms with Crippen molar-refractivity contribution in [3.63, 3.8) is 0 Å². The Bertz CT molecular complexity index is 1070. The molecule has 0 spiro atoms. The minimum atomic E-state index is -4.11. The van der Waals surface area contributed by atoms with Crippen molar-refractivity contribution < 1.29 is 23.0 Å². The Hall–Kier alpha value is -1.09. The van der Waals surface area contributed by atoms with Gasteiger partial charge in [-0.15, -0.1) is 5.10 Å². The molecule has 8 atom stereocenters. The fraction of sp³-hybridized carbons (Fsp3) is 0.900. The Morgan fingerprint density at radius 2 is 2.00 bits per heavy atom. The first-order valence-corrected chi connectivity index (χ1v) is 17.2. The van der Waals surface area contributed by atoms with Crippen molar-refractivity contribution in [2.24, 2.45) is 17.3 Å². The second kappa shape index (κ2) is 13.0. The van der Waals surface area contributed by atoms with Gasteiger partial charge in [-0.2, -0.15) is 13.2 Å². The van der Waals surface area contributed by atoms with E-state index in [1.54, 1.807) is 11.9 Å². The van der Waals surface area contributed by atoms with Crippen LogP contribution in [0.15, 0.2) is 12.3 Å². The molecule has 43 heavy (non-hydrogen) atoms. The molecule has 244 valence electrons. The maximum atomic E-state index is 13.2. The molecule has 5 N–H and O–H groups in total. The lowest BCUT2D eigenvalue weighted by Crippen LogP contribution is -2.60. The summed E-state index contributed by atoms with van der Waals surface area (Å²) in [5.41, 5.74) is -1.40. The van der Waals surface area contributed by atoms with Crippen LogP contribution in [-0.2, 0) is 0 Å². The van der Waals surface area contributed by atoms with Crippen molar-refractivity contribution in [3.8, 4) is 5.88 Å². The zero-order valence-electron chi connectivity index (χ0n) is 25.5. The summed E-state index contributed by atoms with van der Waals surface area (Å²) in [6, 6.07) is 1.82. The Morgan fingerprint density at radius 1 is 1.16 bits per heavy atom. The lowest BCUT2D eigenvalue weighted by Gasteiger charge is -2.47. The predicted molar refractivity (Wildman–Crippen MR) is 161 cm³/mol. The number of nitrogens with zero attached hydrogens (tertiary/aromatic N) is 3. The molecule has 4 bridgehead atoms. The van der Waals surface area contributed by atoms with Gasteiger partial charge in [0.2, 0.25) is 5.88 Å². The molecule has 5 aliphatic rings. The van der Waals surface area contributed by atoms with E-state index in [-0.39, 0.29) is 61.4 Å². The van der Waals surface area contributed by atoms with E-state index in [2.05, 4.69) is 44.5 Å². The van der Waals surface area contributed by atoms with E-state index < -0.39 is 11.6 Å². The zero-order chi connectivity index (χ0) is 30.2. The molecule has 1 aromatic rings. The molecule has 5 fully saturated rings. The average Bonchev–Trinajstić information content (AvgIpc) is 3.50. The Kier molecular flexibility index (Phi) is 9.61. The fourth-order valence-electron chi connectivity index (χ4n) is 7.92. The molecular formula is C30H50F3N7O2S. The zero-order valence-corrected chi connectivity index (χ0v) is 26.4. The molecule has 1 saturated carbocycles. The number of alkyl halides is 3. The van der Waals surface area contributed by atoms with Crippen LogP contribution in [0.3, 0.4) is 0 Å². The number of ether oxygens (including phenoxy) is 1. The highest BCUT2D eigenvalue weighted by atomic mass is 32.2. The van der Waals surface area contributed by atoms with Gasteiger partial charge in [-0.1, -0.05) is 11.9 Å². The van der Waals surface area contributed by atoms with Gasteiger partial charge in [0.15, 0.2) is 0 Å². The second-order valence-corrected chi connectivity index (χ2v) is 15.4. The average molecular weight is 630 g/mol. The monoisotopic (exact) mass is 629 g/mol. The van der Waals surface area contributed by atoms with E-state index in [1.807, 2.05) is 16.9 Å². The van der Waals surface area contributed by atoms with Crippen LogP contribution in [0.4, 0.5) is 13.2 Å². The Morgan fingerprint density at radius 3 is 2.79 bits per heavy atom. The minimum absolute atomic E-state index is 0.0169. The summed E-state index contributed by atoms with van der Waals surface area (Å²) in [7, 11) is 0. The summed E-state index contributed by atoms with van der Waals surface area (Å²) in [4.78, 5) is 2.68. The molecule has 0 radical (unpaired) electrons. The Labute approximate surface area is 257 Å². The highest BCUT2D eigenvalue weighted by Crippen LogP contribution is 2.60. The summed E-state index contributed by atoms with van der Waals surface area (Å²) in [5, 5.41) is 26.6. The van der Waals surface area contributed by atoms with Gasteiger partial charge in [-0.05, 0) is 90.5 Å². The molecule has 1 aliphatic carbocycles. The first kappa shape index (κ1) is 31.9. The quantitative estimate of drug-likeness (QED) is 0.233. The van der Waals surface area contributed by atoms with Crippen molar-refractivity contribution in [2.45, 2.75) is 126 Å². The summed E-state index contributed by atoms with van der Waals surface area (Å²) in [6.45, 7) is 7.87. The number of hydrogen-bond donors (Lipinski definition) is 5. The van der Waals surface area contributed by atoms with Crippen LogP contribution in [0.1, 0.15) is 90.6 Å².